The van der Waals surface area contributed by atoms with Crippen LogP contribution in [0.1, 0.15) is 22.9 Å². The molecule has 0 amide bonds. The topological polar surface area (TPSA) is 118 Å². The van der Waals surface area contributed by atoms with Crippen LogP contribution in [0.4, 0.5) is 23.1 Å². The monoisotopic (exact) mass is 443 g/mol. The molecule has 5 rings (SSSR count). The van der Waals surface area contributed by atoms with Crippen LogP contribution in [0.15, 0.2) is 42.7 Å². The summed E-state index contributed by atoms with van der Waals surface area (Å²) in [6.45, 7) is 5.12. The second-order valence-electron chi connectivity index (χ2n) is 7.97. The lowest BCUT2D eigenvalue weighted by Crippen LogP contribution is -2.36. The molecule has 3 aromatic rings. The quantitative estimate of drug-likeness (QED) is 0.512. The van der Waals surface area contributed by atoms with Crippen LogP contribution in [0, 0.1) is 6.92 Å². The Hall–Kier alpha value is -3.98. The highest BCUT2D eigenvalue weighted by atomic mass is 16.5. The Labute approximate surface area is 191 Å². The normalized spacial score (nSPS) is 17.2. The van der Waals surface area contributed by atoms with Crippen LogP contribution in [0.2, 0.25) is 0 Å². The lowest BCUT2D eigenvalue weighted by atomic mass is 9.97. The van der Waals surface area contributed by atoms with Crippen molar-refractivity contribution in [3.63, 3.8) is 0 Å². The van der Waals surface area contributed by atoms with Gasteiger partial charge in [0.2, 0.25) is 5.95 Å². The Morgan fingerprint density at radius 1 is 1.21 bits per heavy atom. The molecule has 0 aliphatic carbocycles. The molecule has 1 unspecified atom stereocenters. The van der Waals surface area contributed by atoms with Gasteiger partial charge in [0.1, 0.15) is 18.1 Å². The Morgan fingerprint density at radius 3 is 2.73 bits per heavy atom. The first kappa shape index (κ1) is 20.9. The van der Waals surface area contributed by atoms with E-state index in [2.05, 4.69) is 37.6 Å². The minimum absolute atomic E-state index is 0.220. The number of nitrogens with two attached hydrogens (primary N) is 1. The number of nitrogens with zero attached hydrogens (tertiary/aromatic N) is 4. The van der Waals surface area contributed by atoms with E-state index in [0.717, 1.165) is 66.3 Å². The minimum atomic E-state index is -0.495. The summed E-state index contributed by atoms with van der Waals surface area (Å²) in [6.07, 6.45) is 6.27. The third-order valence-corrected chi connectivity index (χ3v) is 5.86. The van der Waals surface area contributed by atoms with Crippen molar-refractivity contribution in [2.45, 2.75) is 13.0 Å². The van der Waals surface area contributed by atoms with Crippen LogP contribution in [-0.2, 0) is 9.53 Å². The number of rotatable bonds is 5. The number of aldehydes is 1. The summed E-state index contributed by atoms with van der Waals surface area (Å²) in [4.78, 5) is 27.4. The minimum Gasteiger partial charge on any atom is -0.378 e. The zero-order valence-corrected chi connectivity index (χ0v) is 18.3. The molecule has 2 aliphatic rings. The van der Waals surface area contributed by atoms with Crippen molar-refractivity contribution in [2.24, 2.45) is 0 Å². The number of aromatic nitrogens is 3. The van der Waals surface area contributed by atoms with Crippen LogP contribution < -0.4 is 21.3 Å². The van der Waals surface area contributed by atoms with Gasteiger partial charge in [0.15, 0.2) is 0 Å². The van der Waals surface area contributed by atoms with Crippen LogP contribution in [0.5, 0.6) is 0 Å². The molecule has 2 aromatic heterocycles. The molecular weight excluding hydrogens is 418 g/mol. The first-order chi connectivity index (χ1) is 16.1. The van der Waals surface area contributed by atoms with Gasteiger partial charge >= 0.3 is 0 Å². The number of anilines is 4. The zero-order chi connectivity index (χ0) is 22.8. The molecule has 33 heavy (non-hydrogen) atoms. The second kappa shape index (κ2) is 8.87. The average molecular weight is 444 g/mol. The largest absolute Gasteiger partial charge is 0.378 e. The van der Waals surface area contributed by atoms with Crippen LogP contribution >= 0.6 is 0 Å². The second-order valence-corrected chi connectivity index (χ2v) is 7.97. The first-order valence-electron chi connectivity index (χ1n) is 10.8. The lowest BCUT2D eigenvalue weighted by Gasteiger charge is -2.29. The molecule has 4 N–H and O–H groups in total. The van der Waals surface area contributed by atoms with E-state index in [4.69, 9.17) is 15.5 Å². The number of fused-ring (bicyclic) bond motifs is 1. The molecule has 9 nitrogen and oxygen atoms in total. The molecule has 0 saturated carbocycles. The molecule has 0 bridgehead atoms. The van der Waals surface area contributed by atoms with Crippen LogP contribution in [0.25, 0.3) is 17.3 Å². The van der Waals surface area contributed by atoms with E-state index in [0.29, 0.717) is 11.5 Å². The van der Waals surface area contributed by atoms with E-state index in [9.17, 15) is 4.79 Å². The van der Waals surface area contributed by atoms with E-state index in [1.165, 1.54) is 0 Å². The molecule has 1 aromatic carbocycles. The zero-order valence-electron chi connectivity index (χ0n) is 18.3. The van der Waals surface area contributed by atoms with Crippen molar-refractivity contribution in [3.8, 4) is 11.3 Å². The highest BCUT2D eigenvalue weighted by Crippen LogP contribution is 2.34. The van der Waals surface area contributed by atoms with E-state index >= 15 is 0 Å². The maximum Gasteiger partial charge on any atom is 0.220 e. The maximum absolute atomic E-state index is 11.8. The Bertz CT molecular complexity index is 1200. The summed E-state index contributed by atoms with van der Waals surface area (Å²) < 4.78 is 5.44. The van der Waals surface area contributed by atoms with Gasteiger partial charge in [-0.1, -0.05) is 0 Å². The molecule has 2 aliphatic heterocycles. The number of carbonyl (C=O) groups is 1. The summed E-state index contributed by atoms with van der Waals surface area (Å²) in [7, 11) is 0. The summed E-state index contributed by atoms with van der Waals surface area (Å²) in [5, 5.41) is 6.51. The fourth-order valence-corrected chi connectivity index (χ4v) is 4.16. The van der Waals surface area contributed by atoms with Gasteiger partial charge in [0, 0.05) is 41.8 Å². The number of nitrogens with one attached hydrogen (secondary N) is 2. The van der Waals surface area contributed by atoms with Gasteiger partial charge in [0.05, 0.1) is 24.6 Å². The number of ether oxygens (including phenoxy) is 1. The molecular formula is C24H25N7O2. The van der Waals surface area contributed by atoms with Gasteiger partial charge in [-0.3, -0.25) is 0 Å². The third-order valence-electron chi connectivity index (χ3n) is 5.86. The fraction of sp³-hybridized carbons (Fsp3) is 0.250. The summed E-state index contributed by atoms with van der Waals surface area (Å²) >= 11 is 0. The molecule has 1 atom stereocenters. The van der Waals surface area contributed by atoms with E-state index in [-0.39, 0.29) is 5.95 Å². The summed E-state index contributed by atoms with van der Waals surface area (Å²) in [5.74, 6) is 0.824. The highest BCUT2D eigenvalue weighted by molar-refractivity contribution is 5.80. The van der Waals surface area contributed by atoms with E-state index in [1.807, 2.05) is 31.2 Å². The fourth-order valence-electron chi connectivity index (χ4n) is 4.16. The van der Waals surface area contributed by atoms with Crippen LogP contribution in [-0.4, -0.2) is 47.5 Å². The van der Waals surface area contributed by atoms with Crippen molar-refractivity contribution >= 4 is 35.5 Å². The number of hydrogen-bond donors (Lipinski definition) is 3. The average Bonchev–Trinajstić information content (AvgIpc) is 2.84. The molecule has 4 heterocycles. The van der Waals surface area contributed by atoms with E-state index in [1.54, 1.807) is 12.4 Å². The predicted molar refractivity (Wildman–Crippen MR) is 128 cm³/mol. The third kappa shape index (κ3) is 4.22. The molecule has 9 heteroatoms. The Kier molecular flexibility index (Phi) is 5.62. The number of carbonyl (C=O) groups excluding carboxylic acids is 1. The van der Waals surface area contributed by atoms with Gasteiger partial charge in [-0.25, -0.2) is 15.0 Å². The van der Waals surface area contributed by atoms with Crippen molar-refractivity contribution in [1.82, 2.24) is 20.3 Å². The van der Waals surface area contributed by atoms with Crippen molar-refractivity contribution in [3.05, 3.63) is 59.5 Å². The van der Waals surface area contributed by atoms with Crippen molar-refractivity contribution in [2.75, 3.05) is 42.3 Å². The van der Waals surface area contributed by atoms with Crippen molar-refractivity contribution < 1.29 is 9.53 Å². The van der Waals surface area contributed by atoms with Crippen LogP contribution in [0.3, 0.4) is 0 Å². The molecule has 1 fully saturated rings. The number of aryl methyl sites for hydroxylation is 1. The van der Waals surface area contributed by atoms with Gasteiger partial charge in [0.25, 0.3) is 0 Å². The Morgan fingerprint density at radius 2 is 2.00 bits per heavy atom. The highest BCUT2D eigenvalue weighted by Gasteiger charge is 2.23. The molecule has 1 saturated heterocycles. The van der Waals surface area contributed by atoms with Crippen molar-refractivity contribution in [1.29, 1.82) is 0 Å². The smallest absolute Gasteiger partial charge is 0.220 e. The summed E-state index contributed by atoms with van der Waals surface area (Å²) in [5.41, 5.74) is 11.7. The predicted octanol–water partition coefficient (Wildman–Crippen LogP) is 2.82. The SMILES string of the molecule is Cc1nc(N)ncc1-c1cc2c(c(Nc3ccc(N4CCOCC4)cc3)n1)C(C=O)NC=C2. The number of nitrogen functional groups attached to an aromatic ring is 1. The maximum atomic E-state index is 11.8. The molecule has 0 spiro atoms. The van der Waals surface area contributed by atoms with Gasteiger partial charge in [-0.2, -0.15) is 0 Å². The number of hydrogen-bond acceptors (Lipinski definition) is 9. The number of morpholine rings is 1. The van der Waals surface area contributed by atoms with E-state index < -0.39 is 6.04 Å². The Balaban J connectivity index is 1.52. The van der Waals surface area contributed by atoms with Gasteiger partial charge < -0.3 is 30.8 Å². The standard InChI is InChI=1S/C24H25N7O2/c1-15-19(13-27-24(25)28-15)20-12-16-6-7-26-21(14-32)22(16)23(30-20)29-17-2-4-18(5-3-17)31-8-10-33-11-9-31/h2-7,12-14,21,26H,8-11H2,1H3,(H,29,30)(H2,25,27,28). The molecule has 0 radical (unpaired) electrons. The van der Waals surface area contributed by atoms with Gasteiger partial charge in [-0.05, 0) is 55.1 Å². The van der Waals surface area contributed by atoms with Gasteiger partial charge in [-0.15, -0.1) is 0 Å². The lowest BCUT2D eigenvalue weighted by molar-refractivity contribution is -0.109. The number of benzene rings is 1. The number of pyridine rings is 1. The summed E-state index contributed by atoms with van der Waals surface area (Å²) in [6, 6.07) is 9.65. The first-order valence-corrected chi connectivity index (χ1v) is 10.8. The molecule has 168 valence electrons.